The molecule has 0 aromatic heterocycles. The van der Waals surface area contributed by atoms with Crippen LogP contribution in [0.2, 0.25) is 5.02 Å². The zero-order chi connectivity index (χ0) is 10.7. The Kier molecular flexibility index (Phi) is 3.45. The lowest BCUT2D eigenvalue weighted by atomic mass is 10.2. The molecule has 0 bridgehead atoms. The van der Waals surface area contributed by atoms with Crippen molar-refractivity contribution in [3.05, 3.63) is 28.8 Å². The van der Waals surface area contributed by atoms with E-state index in [9.17, 15) is 9.00 Å². The number of benzene rings is 1. The molecule has 5 nitrogen and oxygen atoms in total. The first kappa shape index (κ1) is 11.0. The fourth-order valence-electron chi connectivity index (χ4n) is 0.878. The largest absolute Gasteiger partial charge is 0.366 e. The summed E-state index contributed by atoms with van der Waals surface area (Å²) in [6.07, 6.45) is 0. The highest BCUT2D eigenvalue weighted by atomic mass is 35.5. The van der Waals surface area contributed by atoms with E-state index < -0.39 is 17.2 Å². The Morgan fingerprint density at radius 3 is 2.71 bits per heavy atom. The topological polar surface area (TPSA) is 92.4 Å². The summed E-state index contributed by atoms with van der Waals surface area (Å²) in [6, 6.07) is 4.18. The van der Waals surface area contributed by atoms with Gasteiger partial charge in [-0.2, -0.15) is 0 Å². The molecule has 0 aliphatic carbocycles. The number of hydrogen-bond acceptors (Lipinski definition) is 2. The molecule has 0 saturated carbocycles. The third-order valence-corrected chi connectivity index (χ3v) is 2.18. The fourth-order valence-corrected chi connectivity index (χ4v) is 1.42. The molecule has 0 saturated heterocycles. The van der Waals surface area contributed by atoms with Gasteiger partial charge in [0, 0.05) is 5.69 Å². The lowest BCUT2D eigenvalue weighted by Crippen LogP contribution is -2.12. The molecule has 1 unspecified atom stereocenters. The molecule has 0 spiro atoms. The quantitative estimate of drug-likeness (QED) is 0.681. The maximum atomic E-state index is 10.8. The zero-order valence-corrected chi connectivity index (χ0v) is 8.43. The molecule has 0 aliphatic heterocycles. The molecule has 1 atom stereocenters. The van der Waals surface area contributed by atoms with Crippen LogP contribution in [0.4, 0.5) is 5.69 Å². The summed E-state index contributed by atoms with van der Waals surface area (Å²) in [5, 5.41) is 0.201. The standard InChI is InChI=1S/C7H7ClN2O3S/c8-6-2-1-4(10-14(12)13)3-5(6)7(9)11/h1-3,10H,(H2,9,11)(H,12,13). The van der Waals surface area contributed by atoms with Gasteiger partial charge >= 0.3 is 0 Å². The van der Waals surface area contributed by atoms with Gasteiger partial charge in [0.2, 0.25) is 5.91 Å². The van der Waals surface area contributed by atoms with Gasteiger partial charge < -0.3 is 5.73 Å². The average molecular weight is 235 g/mol. The molecule has 14 heavy (non-hydrogen) atoms. The second kappa shape index (κ2) is 4.41. The van der Waals surface area contributed by atoms with Crippen LogP contribution >= 0.6 is 11.6 Å². The minimum Gasteiger partial charge on any atom is -0.366 e. The summed E-state index contributed by atoms with van der Waals surface area (Å²) >= 11 is 3.47. The minimum atomic E-state index is -2.19. The van der Waals surface area contributed by atoms with E-state index in [1.807, 2.05) is 0 Å². The van der Waals surface area contributed by atoms with Gasteiger partial charge in [-0.3, -0.25) is 14.1 Å². The van der Waals surface area contributed by atoms with E-state index in [1.165, 1.54) is 18.2 Å². The van der Waals surface area contributed by atoms with Crippen molar-refractivity contribution < 1.29 is 13.6 Å². The van der Waals surface area contributed by atoms with Gasteiger partial charge in [0.25, 0.3) is 11.3 Å². The summed E-state index contributed by atoms with van der Waals surface area (Å²) in [5.41, 5.74) is 5.42. The van der Waals surface area contributed by atoms with Crippen molar-refractivity contribution in [2.75, 3.05) is 4.72 Å². The smallest absolute Gasteiger partial charge is 0.259 e. The summed E-state index contributed by atoms with van der Waals surface area (Å²) in [4.78, 5) is 10.8. The Labute approximate surface area is 87.7 Å². The summed E-state index contributed by atoms with van der Waals surface area (Å²) in [7, 11) is 0. The molecular formula is C7H7ClN2O3S. The van der Waals surface area contributed by atoms with Crippen molar-refractivity contribution in [2.45, 2.75) is 0 Å². The predicted octanol–water partition coefficient (Wildman–Crippen LogP) is 0.987. The van der Waals surface area contributed by atoms with Crippen LogP contribution in [-0.4, -0.2) is 14.7 Å². The maximum Gasteiger partial charge on any atom is 0.259 e. The molecule has 0 radical (unpaired) electrons. The van der Waals surface area contributed by atoms with Crippen molar-refractivity contribution in [3.8, 4) is 0 Å². The molecular weight excluding hydrogens is 228 g/mol. The van der Waals surface area contributed by atoms with Gasteiger partial charge in [0.15, 0.2) is 0 Å². The van der Waals surface area contributed by atoms with E-state index in [0.717, 1.165) is 0 Å². The van der Waals surface area contributed by atoms with E-state index in [2.05, 4.69) is 4.72 Å². The van der Waals surface area contributed by atoms with Crippen molar-refractivity contribution in [1.29, 1.82) is 0 Å². The maximum absolute atomic E-state index is 10.8. The number of anilines is 1. The van der Waals surface area contributed by atoms with E-state index in [1.54, 1.807) is 0 Å². The van der Waals surface area contributed by atoms with Gasteiger partial charge in [-0.25, -0.2) is 4.21 Å². The first-order chi connectivity index (χ1) is 6.50. The van der Waals surface area contributed by atoms with Crippen molar-refractivity contribution in [3.63, 3.8) is 0 Å². The Balaban J connectivity index is 3.06. The van der Waals surface area contributed by atoms with Crippen LogP contribution in [0.3, 0.4) is 0 Å². The second-order valence-electron chi connectivity index (χ2n) is 2.41. The number of carbonyl (C=O) groups excluding carboxylic acids is 1. The normalized spacial score (nSPS) is 12.1. The van der Waals surface area contributed by atoms with E-state index in [0.29, 0.717) is 5.69 Å². The number of nitrogens with one attached hydrogen (secondary N) is 1. The van der Waals surface area contributed by atoms with Gasteiger partial charge in [0.1, 0.15) is 0 Å². The predicted molar refractivity (Wildman–Crippen MR) is 54.4 cm³/mol. The lowest BCUT2D eigenvalue weighted by molar-refractivity contribution is 0.100. The number of rotatable bonds is 3. The number of hydrogen-bond donors (Lipinski definition) is 3. The van der Waals surface area contributed by atoms with Crippen molar-refractivity contribution >= 4 is 34.5 Å². The highest BCUT2D eigenvalue weighted by Crippen LogP contribution is 2.20. The Morgan fingerprint density at radius 1 is 1.57 bits per heavy atom. The number of primary amides is 1. The number of halogens is 1. The molecule has 7 heteroatoms. The minimum absolute atomic E-state index is 0.0992. The fraction of sp³-hybridized carbons (Fsp3) is 0. The van der Waals surface area contributed by atoms with E-state index >= 15 is 0 Å². The van der Waals surface area contributed by atoms with E-state index in [4.69, 9.17) is 21.9 Å². The van der Waals surface area contributed by atoms with Crippen LogP contribution in [0.5, 0.6) is 0 Å². The van der Waals surface area contributed by atoms with Gasteiger partial charge in [0.05, 0.1) is 10.6 Å². The molecule has 1 aromatic rings. The van der Waals surface area contributed by atoms with Gasteiger partial charge in [-0.15, -0.1) is 0 Å². The van der Waals surface area contributed by atoms with Crippen LogP contribution in [0, 0.1) is 0 Å². The van der Waals surface area contributed by atoms with Crippen LogP contribution in [-0.2, 0) is 11.3 Å². The Bertz CT molecular complexity index is 397. The molecule has 0 heterocycles. The second-order valence-corrected chi connectivity index (χ2v) is 3.52. The SMILES string of the molecule is NC(=O)c1cc(NS(=O)O)ccc1Cl. The number of amides is 1. The van der Waals surface area contributed by atoms with Crippen LogP contribution in [0.1, 0.15) is 10.4 Å². The van der Waals surface area contributed by atoms with Crippen LogP contribution < -0.4 is 10.5 Å². The summed E-state index contributed by atoms with van der Waals surface area (Å²) in [5.74, 6) is -0.692. The van der Waals surface area contributed by atoms with Gasteiger partial charge in [-0.1, -0.05) is 11.6 Å². The summed E-state index contributed by atoms with van der Waals surface area (Å²) in [6.45, 7) is 0. The van der Waals surface area contributed by atoms with Gasteiger partial charge in [-0.05, 0) is 18.2 Å². The zero-order valence-electron chi connectivity index (χ0n) is 6.86. The molecule has 4 N–H and O–H groups in total. The number of carbonyl (C=O) groups is 1. The summed E-state index contributed by atoms with van der Waals surface area (Å²) < 4.78 is 21.1. The van der Waals surface area contributed by atoms with Crippen LogP contribution in [0.25, 0.3) is 0 Å². The van der Waals surface area contributed by atoms with Crippen LogP contribution in [0.15, 0.2) is 18.2 Å². The van der Waals surface area contributed by atoms with Crippen molar-refractivity contribution in [1.82, 2.24) is 0 Å². The third-order valence-electron chi connectivity index (χ3n) is 1.44. The first-order valence-corrected chi connectivity index (χ1v) is 4.96. The van der Waals surface area contributed by atoms with E-state index in [-0.39, 0.29) is 10.6 Å². The molecule has 1 rings (SSSR count). The van der Waals surface area contributed by atoms with Crippen molar-refractivity contribution in [2.24, 2.45) is 5.73 Å². The highest BCUT2D eigenvalue weighted by molar-refractivity contribution is 7.80. The molecule has 1 aromatic carbocycles. The lowest BCUT2D eigenvalue weighted by Gasteiger charge is -2.04. The Hall–Kier alpha value is -1.11. The first-order valence-electron chi connectivity index (χ1n) is 3.47. The highest BCUT2D eigenvalue weighted by Gasteiger charge is 2.07. The third kappa shape index (κ3) is 2.69. The molecule has 0 aliphatic rings. The Morgan fingerprint density at radius 2 is 2.21 bits per heavy atom. The molecule has 1 amide bonds. The number of nitrogens with two attached hydrogens (primary N) is 1. The molecule has 76 valence electrons. The molecule has 0 fully saturated rings. The monoisotopic (exact) mass is 234 g/mol. The average Bonchev–Trinajstić information content (AvgIpc) is 2.07.